The number of hydrogen-bond acceptors (Lipinski definition) is 4. The summed E-state index contributed by atoms with van der Waals surface area (Å²) in [6.45, 7) is 1.92. The van der Waals surface area contributed by atoms with E-state index >= 15 is 0 Å². The van der Waals surface area contributed by atoms with Gasteiger partial charge in [0, 0.05) is 37.1 Å². The Bertz CT molecular complexity index is 884. The average molecular weight is 349 g/mol. The molecule has 128 valence electrons. The van der Waals surface area contributed by atoms with E-state index in [-0.39, 0.29) is 23.2 Å². The number of sulfonamides is 1. The highest BCUT2D eigenvalue weighted by Crippen LogP contribution is 2.35. The fourth-order valence-electron chi connectivity index (χ4n) is 2.70. The van der Waals surface area contributed by atoms with Gasteiger partial charge in [-0.25, -0.2) is 8.42 Å². The van der Waals surface area contributed by atoms with E-state index in [1.54, 1.807) is 6.92 Å². The van der Waals surface area contributed by atoms with Crippen molar-refractivity contribution >= 4 is 15.7 Å². The first kappa shape index (κ1) is 16.7. The van der Waals surface area contributed by atoms with Crippen molar-refractivity contribution in [2.45, 2.75) is 37.2 Å². The van der Waals surface area contributed by atoms with Crippen LogP contribution in [0.3, 0.4) is 0 Å². The Morgan fingerprint density at radius 2 is 2.04 bits per heavy atom. The third-order valence-corrected chi connectivity index (χ3v) is 6.33. The zero-order valence-corrected chi connectivity index (χ0v) is 14.4. The van der Waals surface area contributed by atoms with Crippen molar-refractivity contribution in [3.63, 3.8) is 0 Å². The maximum absolute atomic E-state index is 13.1. The first-order valence-electron chi connectivity index (χ1n) is 7.68. The fourth-order valence-corrected chi connectivity index (χ4v) is 4.60. The number of hydrogen-bond donors (Lipinski definition) is 0. The number of non-ortho nitro benzene ring substituents is 1. The Kier molecular flexibility index (Phi) is 4.18. The minimum absolute atomic E-state index is 0.0119. The third kappa shape index (κ3) is 3.07. The van der Waals surface area contributed by atoms with Gasteiger partial charge < -0.3 is 4.57 Å². The maximum Gasteiger partial charge on any atom is 0.270 e. The number of nitro groups is 1. The van der Waals surface area contributed by atoms with E-state index in [1.165, 1.54) is 16.4 Å². The molecule has 2 aromatic rings. The van der Waals surface area contributed by atoms with Crippen molar-refractivity contribution in [2.24, 2.45) is 7.05 Å². The number of aromatic nitrogens is 1. The summed E-state index contributed by atoms with van der Waals surface area (Å²) in [5.41, 5.74) is 1.18. The summed E-state index contributed by atoms with van der Waals surface area (Å²) in [7, 11) is -1.94. The van der Waals surface area contributed by atoms with Gasteiger partial charge in [0.25, 0.3) is 5.69 Å². The molecule has 0 N–H and O–H groups in total. The highest BCUT2D eigenvalue weighted by molar-refractivity contribution is 7.89. The molecule has 0 bridgehead atoms. The van der Waals surface area contributed by atoms with Crippen molar-refractivity contribution in [3.05, 3.63) is 57.9 Å². The normalized spacial score (nSPS) is 15.0. The molecule has 1 aromatic carbocycles. The molecule has 7 nitrogen and oxygen atoms in total. The standard InChI is InChI=1S/C16H19N3O4S/c1-12-5-6-14(19(20)21)10-16(12)24(22,23)18(13-7-8-13)11-15-4-3-9-17(15)2/h3-6,9-10,13H,7-8,11H2,1-2H3. The Hall–Kier alpha value is -2.19. The van der Waals surface area contributed by atoms with Gasteiger partial charge in [0.15, 0.2) is 0 Å². The van der Waals surface area contributed by atoms with Gasteiger partial charge in [-0.15, -0.1) is 0 Å². The zero-order chi connectivity index (χ0) is 17.5. The molecule has 0 aliphatic heterocycles. The van der Waals surface area contributed by atoms with E-state index < -0.39 is 14.9 Å². The van der Waals surface area contributed by atoms with Crippen molar-refractivity contribution < 1.29 is 13.3 Å². The Morgan fingerprint density at radius 3 is 2.58 bits per heavy atom. The van der Waals surface area contributed by atoms with Crippen molar-refractivity contribution in [3.8, 4) is 0 Å². The lowest BCUT2D eigenvalue weighted by atomic mass is 10.2. The summed E-state index contributed by atoms with van der Waals surface area (Å²) in [4.78, 5) is 10.4. The molecule has 0 saturated heterocycles. The minimum Gasteiger partial charge on any atom is -0.353 e. The van der Waals surface area contributed by atoms with Crippen LogP contribution in [0.5, 0.6) is 0 Å². The first-order valence-corrected chi connectivity index (χ1v) is 9.12. The molecule has 0 amide bonds. The predicted molar refractivity (Wildman–Crippen MR) is 89.0 cm³/mol. The smallest absolute Gasteiger partial charge is 0.270 e. The molecular weight excluding hydrogens is 330 g/mol. The Labute approximate surface area is 140 Å². The summed E-state index contributed by atoms with van der Waals surface area (Å²) in [5.74, 6) is 0. The number of nitro benzene ring substituents is 1. The highest BCUT2D eigenvalue weighted by Gasteiger charge is 2.39. The largest absolute Gasteiger partial charge is 0.353 e. The molecule has 0 unspecified atom stereocenters. The zero-order valence-electron chi connectivity index (χ0n) is 13.5. The van der Waals surface area contributed by atoms with Crippen LogP contribution in [0.15, 0.2) is 41.4 Å². The number of rotatable bonds is 6. The number of nitrogens with zero attached hydrogens (tertiary/aromatic N) is 3. The van der Waals surface area contributed by atoms with Gasteiger partial charge in [-0.05, 0) is 37.5 Å². The lowest BCUT2D eigenvalue weighted by Gasteiger charge is -2.23. The van der Waals surface area contributed by atoms with Gasteiger partial charge in [0.1, 0.15) is 0 Å². The van der Waals surface area contributed by atoms with Gasteiger partial charge in [-0.2, -0.15) is 4.31 Å². The molecule has 1 heterocycles. The van der Waals surface area contributed by atoms with E-state index in [0.29, 0.717) is 5.56 Å². The molecule has 1 aromatic heterocycles. The maximum atomic E-state index is 13.1. The minimum atomic E-state index is -3.80. The van der Waals surface area contributed by atoms with E-state index in [2.05, 4.69) is 0 Å². The van der Waals surface area contributed by atoms with E-state index in [9.17, 15) is 18.5 Å². The van der Waals surface area contributed by atoms with Crippen LogP contribution in [-0.2, 0) is 23.6 Å². The molecule has 24 heavy (non-hydrogen) atoms. The molecule has 0 spiro atoms. The van der Waals surface area contributed by atoms with Gasteiger partial charge in [0.2, 0.25) is 10.0 Å². The molecule has 1 aliphatic rings. The van der Waals surface area contributed by atoms with Crippen LogP contribution < -0.4 is 0 Å². The second-order valence-corrected chi connectivity index (χ2v) is 7.96. The molecule has 1 aliphatic carbocycles. The second-order valence-electron chi connectivity index (χ2n) is 6.10. The third-order valence-electron chi connectivity index (χ3n) is 4.29. The van der Waals surface area contributed by atoms with E-state index in [4.69, 9.17) is 0 Å². The quantitative estimate of drug-likeness (QED) is 0.592. The van der Waals surface area contributed by atoms with Crippen LogP contribution in [0.4, 0.5) is 5.69 Å². The molecule has 8 heteroatoms. The monoisotopic (exact) mass is 349 g/mol. The number of benzene rings is 1. The van der Waals surface area contributed by atoms with Crippen molar-refractivity contribution in [1.82, 2.24) is 8.87 Å². The summed E-state index contributed by atoms with van der Waals surface area (Å²) in [5, 5.41) is 11.0. The van der Waals surface area contributed by atoms with Crippen molar-refractivity contribution in [1.29, 1.82) is 0 Å². The lowest BCUT2D eigenvalue weighted by molar-refractivity contribution is -0.385. The number of aryl methyl sites for hydroxylation is 2. The fraction of sp³-hybridized carbons (Fsp3) is 0.375. The molecular formula is C16H19N3O4S. The summed E-state index contributed by atoms with van der Waals surface area (Å²) in [6, 6.07) is 7.68. The van der Waals surface area contributed by atoms with Gasteiger partial charge >= 0.3 is 0 Å². The van der Waals surface area contributed by atoms with Gasteiger partial charge in [0.05, 0.1) is 16.4 Å². The molecule has 3 rings (SSSR count). The lowest BCUT2D eigenvalue weighted by Crippen LogP contribution is -2.33. The summed E-state index contributed by atoms with van der Waals surface area (Å²) >= 11 is 0. The van der Waals surface area contributed by atoms with Crippen LogP contribution in [-0.4, -0.2) is 28.3 Å². The van der Waals surface area contributed by atoms with Gasteiger partial charge in [-0.3, -0.25) is 10.1 Å². The highest BCUT2D eigenvalue weighted by atomic mass is 32.2. The second kappa shape index (κ2) is 6.03. The molecule has 0 atom stereocenters. The average Bonchev–Trinajstić information content (AvgIpc) is 3.27. The predicted octanol–water partition coefficient (Wildman–Crippen LogP) is 2.60. The van der Waals surface area contributed by atoms with Crippen LogP contribution >= 0.6 is 0 Å². The Balaban J connectivity index is 2.02. The Morgan fingerprint density at radius 1 is 1.33 bits per heavy atom. The van der Waals surface area contributed by atoms with Crippen molar-refractivity contribution in [2.75, 3.05) is 0 Å². The summed E-state index contributed by atoms with van der Waals surface area (Å²) in [6.07, 6.45) is 3.50. The SMILES string of the molecule is Cc1ccc([N+](=O)[O-])cc1S(=O)(=O)N(Cc1cccn1C)C1CC1. The first-order chi connectivity index (χ1) is 11.3. The van der Waals surface area contributed by atoms with Crippen LogP contribution in [0.1, 0.15) is 24.1 Å². The van der Waals surface area contributed by atoms with Crippen LogP contribution in [0.25, 0.3) is 0 Å². The van der Waals surface area contributed by atoms with E-state index in [1.807, 2.05) is 29.9 Å². The van der Waals surface area contributed by atoms with Gasteiger partial charge in [-0.1, -0.05) is 6.07 Å². The van der Waals surface area contributed by atoms with Crippen LogP contribution in [0, 0.1) is 17.0 Å². The molecule has 0 radical (unpaired) electrons. The van der Waals surface area contributed by atoms with E-state index in [0.717, 1.165) is 24.6 Å². The molecule has 1 saturated carbocycles. The van der Waals surface area contributed by atoms with Crippen LogP contribution in [0.2, 0.25) is 0 Å². The topological polar surface area (TPSA) is 85.4 Å². The summed E-state index contributed by atoms with van der Waals surface area (Å²) < 4.78 is 29.6. The molecule has 1 fully saturated rings.